The van der Waals surface area contributed by atoms with Crippen molar-refractivity contribution >= 4 is 34.7 Å². The number of carbonyl (C=O) groups excluding carboxylic acids is 2. The van der Waals surface area contributed by atoms with Crippen LogP contribution in [-0.2, 0) is 11.0 Å². The first kappa shape index (κ1) is 23.2. The summed E-state index contributed by atoms with van der Waals surface area (Å²) in [6, 6.07) is 10.2. The van der Waals surface area contributed by atoms with E-state index in [9.17, 15) is 27.2 Å². The number of pyridine rings is 1. The van der Waals surface area contributed by atoms with Crippen LogP contribution in [0.5, 0.6) is 0 Å². The van der Waals surface area contributed by atoms with Gasteiger partial charge in [0.2, 0.25) is 5.91 Å². The van der Waals surface area contributed by atoms with Crippen LogP contribution in [0.15, 0.2) is 48.5 Å². The Kier molecular flexibility index (Phi) is 5.76. The number of aromatic nitrogens is 1. The molecule has 0 bridgehead atoms. The highest BCUT2D eigenvalue weighted by molar-refractivity contribution is 6.13. The van der Waals surface area contributed by atoms with E-state index in [1.54, 1.807) is 24.8 Å². The van der Waals surface area contributed by atoms with Gasteiger partial charge in [-0.1, -0.05) is 0 Å². The lowest BCUT2D eigenvalue weighted by Crippen LogP contribution is -2.45. The summed E-state index contributed by atoms with van der Waals surface area (Å²) < 4.78 is 54.0. The Morgan fingerprint density at radius 3 is 2.26 bits per heavy atom. The minimum atomic E-state index is -4.63. The lowest BCUT2D eigenvalue weighted by Gasteiger charge is -2.39. The Hall–Kier alpha value is -3.95. The van der Waals surface area contributed by atoms with Crippen LogP contribution in [0.25, 0.3) is 0 Å². The van der Waals surface area contributed by atoms with Gasteiger partial charge < -0.3 is 10.2 Å². The van der Waals surface area contributed by atoms with E-state index in [1.165, 1.54) is 42.2 Å². The van der Waals surface area contributed by atoms with Crippen molar-refractivity contribution in [3.63, 3.8) is 0 Å². The van der Waals surface area contributed by atoms with Crippen LogP contribution in [0.4, 0.5) is 40.4 Å². The molecule has 2 heterocycles. The molecule has 0 spiro atoms. The summed E-state index contributed by atoms with van der Waals surface area (Å²) in [6.45, 7) is 4.60. The topological polar surface area (TPSA) is 65.5 Å². The standard InChI is InChI=1S/C24H20F4N4O2/c1-13-10-17(25)5-7-19(13)31-12-32(20-8-9-22(29-14(20)2)30-15(3)33)23(34)18-11-16(24(26,27)28)4-6-21(18)31/h4-11H,12H2,1-3H3,(H,29,30,33). The highest BCUT2D eigenvalue weighted by Gasteiger charge is 2.37. The van der Waals surface area contributed by atoms with Crippen molar-refractivity contribution in [2.75, 3.05) is 21.8 Å². The van der Waals surface area contributed by atoms with Gasteiger partial charge in [0.1, 0.15) is 18.3 Å². The Labute approximate surface area is 192 Å². The molecule has 1 N–H and O–H groups in total. The van der Waals surface area contributed by atoms with E-state index in [-0.39, 0.29) is 29.6 Å². The van der Waals surface area contributed by atoms with Crippen molar-refractivity contribution in [3.05, 3.63) is 76.7 Å². The third kappa shape index (κ3) is 4.30. The number of anilines is 4. The SMILES string of the molecule is CC(=O)Nc1ccc(N2CN(c3ccc(F)cc3C)c3ccc(C(F)(F)F)cc3C2=O)c(C)n1. The second kappa shape index (κ2) is 8.44. The smallest absolute Gasteiger partial charge is 0.322 e. The van der Waals surface area contributed by atoms with E-state index in [0.717, 1.165) is 12.1 Å². The summed E-state index contributed by atoms with van der Waals surface area (Å²) >= 11 is 0. The Morgan fingerprint density at radius 1 is 0.971 bits per heavy atom. The third-order valence-electron chi connectivity index (χ3n) is 5.48. The average molecular weight is 472 g/mol. The molecule has 0 unspecified atom stereocenters. The molecule has 1 aliphatic rings. The van der Waals surface area contributed by atoms with Crippen LogP contribution in [-0.4, -0.2) is 23.5 Å². The zero-order valence-corrected chi connectivity index (χ0v) is 18.5. The van der Waals surface area contributed by atoms with Crippen LogP contribution in [0, 0.1) is 19.7 Å². The minimum Gasteiger partial charge on any atom is -0.322 e. The summed E-state index contributed by atoms with van der Waals surface area (Å²) in [7, 11) is 0. The Balaban J connectivity index is 1.86. The van der Waals surface area contributed by atoms with E-state index < -0.39 is 23.5 Å². The number of hydrogen-bond donors (Lipinski definition) is 1. The number of benzene rings is 2. The fraction of sp³-hybridized carbons (Fsp3) is 0.208. The summed E-state index contributed by atoms with van der Waals surface area (Å²) in [5.41, 5.74) is 1.04. The molecule has 6 nitrogen and oxygen atoms in total. The fourth-order valence-electron chi connectivity index (χ4n) is 3.95. The van der Waals surface area contributed by atoms with Crippen LogP contribution in [0.3, 0.4) is 0 Å². The van der Waals surface area contributed by atoms with Crippen molar-refractivity contribution in [1.29, 1.82) is 0 Å². The predicted molar refractivity (Wildman–Crippen MR) is 120 cm³/mol. The van der Waals surface area contributed by atoms with Crippen molar-refractivity contribution in [2.24, 2.45) is 0 Å². The van der Waals surface area contributed by atoms with E-state index in [0.29, 0.717) is 22.6 Å². The number of alkyl halides is 3. The molecule has 0 atom stereocenters. The maximum atomic E-state index is 13.7. The van der Waals surface area contributed by atoms with E-state index in [2.05, 4.69) is 10.3 Å². The predicted octanol–water partition coefficient (Wildman–Crippen LogP) is 5.57. The van der Waals surface area contributed by atoms with Crippen molar-refractivity contribution in [1.82, 2.24) is 4.98 Å². The summed E-state index contributed by atoms with van der Waals surface area (Å²) in [5.74, 6) is -1.12. The van der Waals surface area contributed by atoms with Gasteiger partial charge in [0.05, 0.1) is 28.2 Å². The molecule has 1 aromatic heterocycles. The van der Waals surface area contributed by atoms with Gasteiger partial charge in [-0.25, -0.2) is 9.37 Å². The molecule has 2 aromatic carbocycles. The molecule has 3 aromatic rings. The molecule has 0 saturated heterocycles. The zero-order chi connectivity index (χ0) is 24.8. The van der Waals surface area contributed by atoms with Gasteiger partial charge in [0, 0.05) is 12.6 Å². The van der Waals surface area contributed by atoms with Gasteiger partial charge in [0.15, 0.2) is 0 Å². The molecular formula is C24H20F4N4O2. The van der Waals surface area contributed by atoms with Crippen LogP contribution in [0.1, 0.15) is 34.1 Å². The van der Waals surface area contributed by atoms with Crippen molar-refractivity contribution in [2.45, 2.75) is 26.9 Å². The molecule has 0 fully saturated rings. The van der Waals surface area contributed by atoms with E-state index >= 15 is 0 Å². The number of rotatable bonds is 3. The number of nitrogens with one attached hydrogen (secondary N) is 1. The molecule has 4 rings (SSSR count). The number of carbonyl (C=O) groups is 2. The molecule has 10 heteroatoms. The van der Waals surface area contributed by atoms with Crippen LogP contribution >= 0.6 is 0 Å². The van der Waals surface area contributed by atoms with Gasteiger partial charge in [-0.15, -0.1) is 0 Å². The van der Waals surface area contributed by atoms with Crippen molar-refractivity contribution < 1.29 is 27.2 Å². The maximum Gasteiger partial charge on any atom is 0.416 e. The van der Waals surface area contributed by atoms with Gasteiger partial charge in [0.25, 0.3) is 5.91 Å². The van der Waals surface area contributed by atoms with Gasteiger partial charge >= 0.3 is 6.18 Å². The number of amides is 2. The minimum absolute atomic E-state index is 0.0360. The molecule has 1 aliphatic heterocycles. The maximum absolute atomic E-state index is 13.7. The fourth-order valence-corrected chi connectivity index (χ4v) is 3.95. The van der Waals surface area contributed by atoms with Crippen LogP contribution < -0.4 is 15.1 Å². The highest BCUT2D eigenvalue weighted by atomic mass is 19.4. The largest absolute Gasteiger partial charge is 0.416 e. The van der Waals surface area contributed by atoms with Gasteiger partial charge in [-0.05, 0) is 67.9 Å². The zero-order valence-electron chi connectivity index (χ0n) is 18.5. The number of halogens is 4. The van der Waals surface area contributed by atoms with Crippen molar-refractivity contribution in [3.8, 4) is 0 Å². The number of fused-ring (bicyclic) bond motifs is 1. The van der Waals surface area contributed by atoms with E-state index in [1.807, 2.05) is 0 Å². The quantitative estimate of drug-likeness (QED) is 0.506. The molecular weight excluding hydrogens is 452 g/mol. The van der Waals surface area contributed by atoms with E-state index in [4.69, 9.17) is 0 Å². The lowest BCUT2D eigenvalue weighted by atomic mass is 10.0. The highest BCUT2D eigenvalue weighted by Crippen LogP contribution is 2.40. The van der Waals surface area contributed by atoms with Gasteiger partial charge in [-0.2, -0.15) is 13.2 Å². The molecule has 2 amide bonds. The first-order valence-corrected chi connectivity index (χ1v) is 10.3. The molecule has 176 valence electrons. The summed E-state index contributed by atoms with van der Waals surface area (Å²) in [4.78, 5) is 32.0. The monoisotopic (exact) mass is 472 g/mol. The van der Waals surface area contributed by atoms with Gasteiger partial charge in [-0.3, -0.25) is 14.5 Å². The third-order valence-corrected chi connectivity index (χ3v) is 5.48. The molecule has 34 heavy (non-hydrogen) atoms. The van der Waals surface area contributed by atoms with Crippen LogP contribution in [0.2, 0.25) is 0 Å². The molecule has 0 radical (unpaired) electrons. The second-order valence-electron chi connectivity index (χ2n) is 7.95. The average Bonchev–Trinajstić information content (AvgIpc) is 2.74. The summed E-state index contributed by atoms with van der Waals surface area (Å²) in [5, 5.41) is 2.55. The first-order valence-electron chi connectivity index (χ1n) is 10.3. The summed E-state index contributed by atoms with van der Waals surface area (Å²) in [6.07, 6.45) is -4.63. The number of aryl methyl sites for hydroxylation is 2. The lowest BCUT2D eigenvalue weighted by molar-refractivity contribution is -0.137. The Morgan fingerprint density at radius 2 is 1.65 bits per heavy atom. The molecule has 0 saturated carbocycles. The number of hydrogen-bond acceptors (Lipinski definition) is 4. The molecule has 0 aliphatic carbocycles. The number of nitrogens with zero attached hydrogens (tertiary/aromatic N) is 3. The first-order chi connectivity index (χ1) is 16.0. The second-order valence-corrected chi connectivity index (χ2v) is 7.95. The Bertz CT molecular complexity index is 1310. The normalized spacial score (nSPS) is 13.7.